The molecule has 4 nitrogen and oxygen atoms in total. The van der Waals surface area contributed by atoms with Crippen LogP contribution in [0.3, 0.4) is 0 Å². The number of hydrogen-bond donors (Lipinski definition) is 1. The quantitative estimate of drug-likeness (QED) is 0.845. The Bertz CT molecular complexity index is 519. The molecule has 0 saturated carbocycles. The smallest absolute Gasteiger partial charge is 0.337 e. The molecule has 5 heteroatoms. The minimum Gasteiger partial charge on any atom is -0.478 e. The van der Waals surface area contributed by atoms with Gasteiger partial charge < -0.3 is 10.0 Å². The van der Waals surface area contributed by atoms with E-state index in [1.54, 1.807) is 12.1 Å². The molecule has 0 amide bonds. The molecule has 0 atom stereocenters. The number of aromatic nitrogens is 1. The highest BCUT2D eigenvalue weighted by atomic mass is 32.1. The zero-order chi connectivity index (χ0) is 11.0. The molecular weight excluding hydrogens is 212 g/mol. The Hall–Kier alpha value is -1.62. The number of carboxylic acids is 1. The first-order valence-corrected chi connectivity index (χ1v) is 5.21. The Labute approximate surface area is 90.8 Å². The van der Waals surface area contributed by atoms with Gasteiger partial charge in [0.2, 0.25) is 0 Å². The molecule has 1 aromatic heterocycles. The van der Waals surface area contributed by atoms with E-state index in [0.717, 1.165) is 9.83 Å². The number of anilines is 1. The van der Waals surface area contributed by atoms with Crippen molar-refractivity contribution in [3.8, 4) is 0 Å². The molecule has 0 fully saturated rings. The summed E-state index contributed by atoms with van der Waals surface area (Å²) in [6.07, 6.45) is 0. The van der Waals surface area contributed by atoms with Crippen LogP contribution in [0.1, 0.15) is 10.4 Å². The molecule has 0 saturated heterocycles. The summed E-state index contributed by atoms with van der Waals surface area (Å²) in [6, 6.07) is 5.19. The molecule has 1 aromatic carbocycles. The molecule has 0 aliphatic carbocycles. The standard InChI is InChI=1S/C10H10N2O2S/c1-12(2)10-11-8-6(9(13)14)4-3-5-7(8)15-10/h3-5H,1-2H3,(H,13,14). The fourth-order valence-electron chi connectivity index (χ4n) is 1.30. The first-order chi connectivity index (χ1) is 7.09. The summed E-state index contributed by atoms with van der Waals surface area (Å²) >= 11 is 1.49. The van der Waals surface area contributed by atoms with Gasteiger partial charge in [-0.3, -0.25) is 0 Å². The SMILES string of the molecule is CN(C)c1nc2c(C(=O)O)cccc2s1. The van der Waals surface area contributed by atoms with Crippen LogP contribution in [-0.2, 0) is 0 Å². The summed E-state index contributed by atoms with van der Waals surface area (Å²) in [6.45, 7) is 0. The Morgan fingerprint density at radius 3 is 2.80 bits per heavy atom. The lowest BCUT2D eigenvalue weighted by Gasteiger charge is -2.04. The van der Waals surface area contributed by atoms with E-state index in [1.165, 1.54) is 11.3 Å². The summed E-state index contributed by atoms with van der Waals surface area (Å²) in [5, 5.41) is 9.80. The zero-order valence-electron chi connectivity index (χ0n) is 8.39. The molecule has 0 bridgehead atoms. The van der Waals surface area contributed by atoms with Crippen LogP contribution in [0.2, 0.25) is 0 Å². The van der Waals surface area contributed by atoms with Crippen LogP contribution >= 0.6 is 11.3 Å². The Morgan fingerprint density at radius 1 is 1.47 bits per heavy atom. The highest BCUT2D eigenvalue weighted by Gasteiger charge is 2.13. The molecular formula is C10H10N2O2S. The number of thiazole rings is 1. The summed E-state index contributed by atoms with van der Waals surface area (Å²) in [7, 11) is 3.77. The summed E-state index contributed by atoms with van der Waals surface area (Å²) in [5.74, 6) is -0.934. The van der Waals surface area contributed by atoms with Crippen molar-refractivity contribution in [3.05, 3.63) is 23.8 Å². The van der Waals surface area contributed by atoms with Gasteiger partial charge in [-0.25, -0.2) is 9.78 Å². The monoisotopic (exact) mass is 222 g/mol. The van der Waals surface area contributed by atoms with Gasteiger partial charge in [-0.1, -0.05) is 17.4 Å². The first-order valence-electron chi connectivity index (χ1n) is 4.40. The second-order valence-electron chi connectivity index (χ2n) is 3.35. The molecule has 0 spiro atoms. The molecule has 78 valence electrons. The van der Waals surface area contributed by atoms with Crippen molar-refractivity contribution in [2.75, 3.05) is 19.0 Å². The number of carboxylic acid groups (broad SMARTS) is 1. The average molecular weight is 222 g/mol. The second kappa shape index (κ2) is 3.51. The van der Waals surface area contributed by atoms with Crippen molar-refractivity contribution in [2.24, 2.45) is 0 Å². The third kappa shape index (κ3) is 1.66. The topological polar surface area (TPSA) is 53.4 Å². The van der Waals surface area contributed by atoms with Crippen molar-refractivity contribution < 1.29 is 9.90 Å². The lowest BCUT2D eigenvalue weighted by atomic mass is 10.2. The zero-order valence-corrected chi connectivity index (χ0v) is 9.21. The number of aromatic carboxylic acids is 1. The molecule has 0 aliphatic rings. The largest absolute Gasteiger partial charge is 0.478 e. The van der Waals surface area contributed by atoms with E-state index >= 15 is 0 Å². The molecule has 2 rings (SSSR count). The molecule has 15 heavy (non-hydrogen) atoms. The minimum atomic E-state index is -0.934. The predicted molar refractivity (Wildman–Crippen MR) is 60.9 cm³/mol. The maximum atomic E-state index is 10.9. The predicted octanol–water partition coefficient (Wildman–Crippen LogP) is 2.06. The fraction of sp³-hybridized carbons (Fsp3) is 0.200. The Kier molecular flexibility index (Phi) is 2.32. The van der Waals surface area contributed by atoms with Gasteiger partial charge in [-0.15, -0.1) is 0 Å². The number of para-hydroxylation sites is 1. The number of benzene rings is 1. The number of carbonyl (C=O) groups is 1. The van der Waals surface area contributed by atoms with Gasteiger partial charge in [-0.2, -0.15) is 0 Å². The normalized spacial score (nSPS) is 10.5. The number of hydrogen-bond acceptors (Lipinski definition) is 4. The van der Waals surface area contributed by atoms with Crippen molar-refractivity contribution in [2.45, 2.75) is 0 Å². The maximum Gasteiger partial charge on any atom is 0.337 e. The van der Waals surface area contributed by atoms with Crippen molar-refractivity contribution in [1.82, 2.24) is 4.98 Å². The molecule has 0 unspecified atom stereocenters. The number of rotatable bonds is 2. The molecule has 1 heterocycles. The van der Waals surface area contributed by atoms with Crippen LogP contribution in [0, 0.1) is 0 Å². The highest BCUT2D eigenvalue weighted by Crippen LogP contribution is 2.29. The van der Waals surface area contributed by atoms with E-state index in [2.05, 4.69) is 4.98 Å². The fourth-order valence-corrected chi connectivity index (χ4v) is 2.22. The van der Waals surface area contributed by atoms with Gasteiger partial charge in [0.25, 0.3) is 0 Å². The van der Waals surface area contributed by atoms with E-state index < -0.39 is 5.97 Å². The summed E-state index contributed by atoms with van der Waals surface area (Å²) < 4.78 is 0.901. The van der Waals surface area contributed by atoms with E-state index in [-0.39, 0.29) is 5.56 Å². The van der Waals surface area contributed by atoms with Gasteiger partial charge in [0, 0.05) is 14.1 Å². The van der Waals surface area contributed by atoms with Crippen LogP contribution in [0.4, 0.5) is 5.13 Å². The van der Waals surface area contributed by atoms with E-state index in [4.69, 9.17) is 5.11 Å². The number of nitrogens with zero attached hydrogens (tertiary/aromatic N) is 2. The van der Waals surface area contributed by atoms with Crippen LogP contribution in [0.5, 0.6) is 0 Å². The Balaban J connectivity index is 2.70. The van der Waals surface area contributed by atoms with Crippen molar-refractivity contribution in [1.29, 1.82) is 0 Å². The van der Waals surface area contributed by atoms with Gasteiger partial charge >= 0.3 is 5.97 Å². The lowest BCUT2D eigenvalue weighted by Crippen LogP contribution is -2.07. The van der Waals surface area contributed by atoms with E-state index in [9.17, 15) is 4.79 Å². The second-order valence-corrected chi connectivity index (χ2v) is 4.36. The van der Waals surface area contributed by atoms with Crippen molar-refractivity contribution >= 4 is 32.7 Å². The highest BCUT2D eigenvalue weighted by molar-refractivity contribution is 7.22. The van der Waals surface area contributed by atoms with Crippen LogP contribution < -0.4 is 4.90 Å². The van der Waals surface area contributed by atoms with Gasteiger partial charge in [-0.05, 0) is 12.1 Å². The van der Waals surface area contributed by atoms with Crippen molar-refractivity contribution in [3.63, 3.8) is 0 Å². The average Bonchev–Trinajstić information content (AvgIpc) is 2.60. The van der Waals surface area contributed by atoms with Gasteiger partial charge in [0.05, 0.1) is 15.8 Å². The minimum absolute atomic E-state index is 0.261. The summed E-state index contributed by atoms with van der Waals surface area (Å²) in [4.78, 5) is 17.1. The summed E-state index contributed by atoms with van der Waals surface area (Å²) in [5.41, 5.74) is 0.829. The molecule has 2 aromatic rings. The lowest BCUT2D eigenvalue weighted by molar-refractivity contribution is 0.0699. The molecule has 1 N–H and O–H groups in total. The third-order valence-corrected chi connectivity index (χ3v) is 3.21. The maximum absolute atomic E-state index is 10.9. The molecule has 0 aliphatic heterocycles. The van der Waals surface area contributed by atoms with E-state index in [1.807, 2.05) is 25.1 Å². The third-order valence-electron chi connectivity index (χ3n) is 2.02. The van der Waals surface area contributed by atoms with Crippen LogP contribution in [0.15, 0.2) is 18.2 Å². The van der Waals surface area contributed by atoms with Gasteiger partial charge in [0.1, 0.15) is 0 Å². The Morgan fingerprint density at radius 2 is 2.20 bits per heavy atom. The van der Waals surface area contributed by atoms with E-state index in [0.29, 0.717) is 5.52 Å². The van der Waals surface area contributed by atoms with Gasteiger partial charge in [0.15, 0.2) is 5.13 Å². The number of fused-ring (bicyclic) bond motifs is 1. The van der Waals surface area contributed by atoms with Crippen LogP contribution in [0.25, 0.3) is 10.2 Å². The first kappa shape index (κ1) is 9.92. The van der Waals surface area contributed by atoms with Crippen LogP contribution in [-0.4, -0.2) is 30.2 Å². The molecule has 0 radical (unpaired) electrons.